The molecule has 0 bridgehead atoms. The van der Waals surface area contributed by atoms with E-state index in [0.717, 1.165) is 31.9 Å². The molecule has 3 heterocycles. The van der Waals surface area contributed by atoms with Crippen molar-refractivity contribution in [2.24, 2.45) is 0 Å². The van der Waals surface area contributed by atoms with E-state index in [1.54, 1.807) is 12.1 Å². The maximum atomic E-state index is 12.5. The summed E-state index contributed by atoms with van der Waals surface area (Å²) in [7, 11) is 0. The SMILES string of the molecule is O=C(c1ccc(Cl)nn1)N1CCSC2COCCC21. The normalized spacial score (nSPS) is 26.9. The van der Waals surface area contributed by atoms with E-state index in [0.29, 0.717) is 16.1 Å². The van der Waals surface area contributed by atoms with Crippen LogP contribution in [0.1, 0.15) is 16.9 Å². The van der Waals surface area contributed by atoms with Crippen LogP contribution in [-0.2, 0) is 4.74 Å². The summed E-state index contributed by atoms with van der Waals surface area (Å²) in [6, 6.07) is 3.48. The molecule has 2 aliphatic heterocycles. The van der Waals surface area contributed by atoms with Crippen molar-refractivity contribution in [2.45, 2.75) is 17.7 Å². The van der Waals surface area contributed by atoms with Gasteiger partial charge in [-0.05, 0) is 18.6 Å². The van der Waals surface area contributed by atoms with Gasteiger partial charge in [0, 0.05) is 30.2 Å². The minimum Gasteiger partial charge on any atom is -0.380 e. The number of amides is 1. The maximum Gasteiger partial charge on any atom is 0.274 e. The van der Waals surface area contributed by atoms with Crippen LogP contribution in [0, 0.1) is 0 Å². The second-order valence-electron chi connectivity index (χ2n) is 4.58. The fraction of sp³-hybridized carbons (Fsp3) is 0.583. The molecule has 5 nitrogen and oxygen atoms in total. The molecule has 1 amide bonds. The summed E-state index contributed by atoms with van der Waals surface area (Å²) in [5.74, 6) is 0.887. The number of carbonyl (C=O) groups excluding carboxylic acids is 1. The van der Waals surface area contributed by atoms with Gasteiger partial charge in [-0.15, -0.1) is 10.2 Å². The van der Waals surface area contributed by atoms with E-state index in [-0.39, 0.29) is 11.9 Å². The van der Waals surface area contributed by atoms with Gasteiger partial charge >= 0.3 is 0 Å². The lowest BCUT2D eigenvalue weighted by Gasteiger charge is -2.43. The van der Waals surface area contributed by atoms with Crippen LogP contribution in [0.2, 0.25) is 5.15 Å². The van der Waals surface area contributed by atoms with Gasteiger partial charge in [0.15, 0.2) is 10.8 Å². The molecular weight excluding hydrogens is 286 g/mol. The third-order valence-electron chi connectivity index (χ3n) is 3.45. The molecule has 0 N–H and O–H groups in total. The summed E-state index contributed by atoms with van der Waals surface area (Å²) < 4.78 is 5.48. The fourth-order valence-corrected chi connectivity index (χ4v) is 3.92. The van der Waals surface area contributed by atoms with Gasteiger partial charge in [0.2, 0.25) is 0 Å². The highest BCUT2D eigenvalue weighted by Crippen LogP contribution is 2.30. The fourth-order valence-electron chi connectivity index (χ4n) is 2.51. The van der Waals surface area contributed by atoms with Crippen molar-refractivity contribution in [1.82, 2.24) is 15.1 Å². The quantitative estimate of drug-likeness (QED) is 0.786. The number of hydrogen-bond acceptors (Lipinski definition) is 5. The molecule has 0 radical (unpaired) electrons. The first-order valence-corrected chi connectivity index (χ1v) is 7.68. The lowest BCUT2D eigenvalue weighted by Crippen LogP contribution is -2.54. The highest BCUT2D eigenvalue weighted by atomic mass is 35.5. The number of ether oxygens (including phenoxy) is 1. The Hall–Kier alpha value is -0.850. The number of rotatable bonds is 1. The Kier molecular flexibility index (Phi) is 3.91. The zero-order valence-corrected chi connectivity index (χ0v) is 11.9. The van der Waals surface area contributed by atoms with Gasteiger partial charge in [-0.2, -0.15) is 11.8 Å². The first kappa shape index (κ1) is 13.1. The van der Waals surface area contributed by atoms with Gasteiger partial charge in [-0.3, -0.25) is 4.79 Å². The van der Waals surface area contributed by atoms with Gasteiger partial charge in [0.05, 0.1) is 6.61 Å². The van der Waals surface area contributed by atoms with E-state index in [2.05, 4.69) is 10.2 Å². The zero-order chi connectivity index (χ0) is 13.2. The van der Waals surface area contributed by atoms with Crippen molar-refractivity contribution >= 4 is 29.3 Å². The topological polar surface area (TPSA) is 55.3 Å². The largest absolute Gasteiger partial charge is 0.380 e. The van der Waals surface area contributed by atoms with Crippen molar-refractivity contribution in [3.05, 3.63) is 23.0 Å². The van der Waals surface area contributed by atoms with Crippen LogP contribution in [0.5, 0.6) is 0 Å². The summed E-state index contributed by atoms with van der Waals surface area (Å²) in [5.41, 5.74) is 0.363. The molecule has 7 heteroatoms. The Balaban J connectivity index is 1.79. The standard InChI is InChI=1S/C12H14ClN3O2S/c13-11-2-1-8(14-15-11)12(17)16-4-6-19-10-7-18-5-3-9(10)16/h1-2,9-10H,3-7H2. The third-order valence-corrected chi connectivity index (χ3v) is 4.94. The van der Waals surface area contributed by atoms with Crippen molar-refractivity contribution in [3.63, 3.8) is 0 Å². The summed E-state index contributed by atoms with van der Waals surface area (Å²) in [6.07, 6.45) is 0.893. The molecule has 1 aromatic rings. The molecular formula is C12H14ClN3O2S. The first-order chi connectivity index (χ1) is 9.25. The van der Waals surface area contributed by atoms with E-state index in [1.807, 2.05) is 16.7 Å². The Morgan fingerprint density at radius 3 is 3.16 bits per heavy atom. The van der Waals surface area contributed by atoms with Crippen LogP contribution in [0.3, 0.4) is 0 Å². The second-order valence-corrected chi connectivity index (χ2v) is 6.31. The average molecular weight is 300 g/mol. The highest BCUT2D eigenvalue weighted by molar-refractivity contribution is 8.00. The van der Waals surface area contributed by atoms with Crippen LogP contribution in [0.4, 0.5) is 0 Å². The van der Waals surface area contributed by atoms with Crippen LogP contribution >= 0.6 is 23.4 Å². The number of halogens is 1. The molecule has 3 rings (SSSR count). The lowest BCUT2D eigenvalue weighted by atomic mass is 10.1. The van der Waals surface area contributed by atoms with Gasteiger partial charge in [-0.1, -0.05) is 11.6 Å². The number of hydrogen-bond donors (Lipinski definition) is 0. The van der Waals surface area contributed by atoms with Crippen molar-refractivity contribution < 1.29 is 9.53 Å². The second kappa shape index (κ2) is 5.64. The number of fused-ring (bicyclic) bond motifs is 1. The molecule has 0 aliphatic carbocycles. The minimum absolute atomic E-state index is 0.0543. The lowest BCUT2D eigenvalue weighted by molar-refractivity contribution is 0.0315. The van der Waals surface area contributed by atoms with Gasteiger partial charge < -0.3 is 9.64 Å². The molecule has 2 atom stereocenters. The number of carbonyl (C=O) groups is 1. The monoisotopic (exact) mass is 299 g/mol. The Morgan fingerprint density at radius 2 is 2.37 bits per heavy atom. The predicted molar refractivity (Wildman–Crippen MR) is 73.5 cm³/mol. The van der Waals surface area contributed by atoms with Crippen LogP contribution in [-0.4, -0.2) is 57.8 Å². The molecule has 0 saturated carbocycles. The van der Waals surface area contributed by atoms with Crippen LogP contribution in [0.15, 0.2) is 12.1 Å². The van der Waals surface area contributed by atoms with E-state index in [9.17, 15) is 4.79 Å². The zero-order valence-electron chi connectivity index (χ0n) is 10.3. The van der Waals surface area contributed by atoms with E-state index in [4.69, 9.17) is 16.3 Å². The minimum atomic E-state index is -0.0543. The highest BCUT2D eigenvalue weighted by Gasteiger charge is 2.37. The van der Waals surface area contributed by atoms with E-state index >= 15 is 0 Å². The number of aromatic nitrogens is 2. The Bertz CT molecular complexity index is 469. The van der Waals surface area contributed by atoms with Crippen molar-refractivity contribution in [3.8, 4) is 0 Å². The molecule has 2 fully saturated rings. The summed E-state index contributed by atoms with van der Waals surface area (Å²) in [6.45, 7) is 2.21. The molecule has 0 spiro atoms. The average Bonchev–Trinajstić information content (AvgIpc) is 2.47. The van der Waals surface area contributed by atoms with E-state index < -0.39 is 0 Å². The van der Waals surface area contributed by atoms with Gasteiger partial charge in [0.1, 0.15) is 0 Å². The van der Waals surface area contributed by atoms with Crippen molar-refractivity contribution in [2.75, 3.05) is 25.5 Å². The van der Waals surface area contributed by atoms with Crippen molar-refractivity contribution in [1.29, 1.82) is 0 Å². The Morgan fingerprint density at radius 1 is 1.47 bits per heavy atom. The summed E-state index contributed by atoms with van der Waals surface area (Å²) in [5, 5.41) is 8.30. The van der Waals surface area contributed by atoms with Crippen LogP contribution in [0.25, 0.3) is 0 Å². The van der Waals surface area contributed by atoms with Gasteiger partial charge in [0.25, 0.3) is 5.91 Å². The molecule has 2 saturated heterocycles. The van der Waals surface area contributed by atoms with E-state index in [1.165, 1.54) is 0 Å². The molecule has 102 valence electrons. The molecule has 19 heavy (non-hydrogen) atoms. The smallest absolute Gasteiger partial charge is 0.274 e. The maximum absolute atomic E-state index is 12.5. The molecule has 0 aromatic carbocycles. The Labute approximate surface area is 120 Å². The third kappa shape index (κ3) is 2.70. The molecule has 2 unspecified atom stereocenters. The first-order valence-electron chi connectivity index (χ1n) is 6.25. The summed E-state index contributed by atoms with van der Waals surface area (Å²) >= 11 is 7.58. The summed E-state index contributed by atoms with van der Waals surface area (Å²) in [4.78, 5) is 14.4. The predicted octanol–water partition coefficient (Wildman–Crippen LogP) is 1.48. The molecule has 2 aliphatic rings. The van der Waals surface area contributed by atoms with Crippen LogP contribution < -0.4 is 0 Å². The number of nitrogens with zero attached hydrogens (tertiary/aromatic N) is 3. The number of thioether (sulfide) groups is 1. The molecule has 1 aromatic heterocycles. The van der Waals surface area contributed by atoms with Gasteiger partial charge in [-0.25, -0.2) is 0 Å².